The molecule has 0 saturated carbocycles. The molecule has 1 atom stereocenters. The minimum atomic E-state index is -0.00650. The van der Waals surface area contributed by atoms with Gasteiger partial charge in [-0.3, -0.25) is 9.47 Å². The molecule has 0 aliphatic carbocycles. The lowest BCUT2D eigenvalue weighted by molar-refractivity contribution is 0.182. The largest absolute Gasteiger partial charge is 0.366 e. The van der Waals surface area contributed by atoms with E-state index in [0.29, 0.717) is 6.04 Å². The molecule has 1 aliphatic rings. The van der Waals surface area contributed by atoms with E-state index < -0.39 is 0 Å². The molecule has 6 heteroatoms. The lowest BCUT2D eigenvalue weighted by atomic mass is 10.0. The Morgan fingerprint density at radius 3 is 2.11 bits per heavy atom. The highest BCUT2D eigenvalue weighted by molar-refractivity contribution is 7.80. The number of piperidine rings is 1. The van der Waals surface area contributed by atoms with Crippen LogP contribution < -0.4 is 5.69 Å². The summed E-state index contributed by atoms with van der Waals surface area (Å²) in [5, 5.41) is 0. The first-order valence-electron chi connectivity index (χ1n) is 13.4. The second-order valence-corrected chi connectivity index (χ2v) is 10.7. The van der Waals surface area contributed by atoms with Crippen molar-refractivity contribution in [2.24, 2.45) is 0 Å². The summed E-state index contributed by atoms with van der Waals surface area (Å²) in [4.78, 5) is 21.6. The number of nitrogens with one attached hydrogen (secondary N) is 1. The fourth-order valence-corrected chi connectivity index (χ4v) is 5.79. The number of H-pyrrole nitrogens is 1. The standard InChI is InChI=1S/C31H36N4OS/c1-24(34(22-25-10-4-2-5-11-25)23-26-12-6-3-7-13-26)16-17-30(37)33-20-18-27(19-21-33)35-29-15-9-8-14-28(29)32-31(35)36/h2-15,24,27H,16-23H2,1H3,(H,32,36)/t24-/m0/s1. The molecule has 1 aromatic heterocycles. The van der Waals surface area contributed by atoms with Crippen LogP contribution >= 0.6 is 12.2 Å². The van der Waals surface area contributed by atoms with E-state index in [1.807, 2.05) is 28.8 Å². The molecule has 1 aliphatic heterocycles. The Kier molecular flexibility index (Phi) is 8.17. The van der Waals surface area contributed by atoms with Gasteiger partial charge in [0, 0.05) is 38.3 Å². The zero-order valence-corrected chi connectivity index (χ0v) is 22.4. The van der Waals surface area contributed by atoms with Gasteiger partial charge in [-0.05, 0) is 55.9 Å². The van der Waals surface area contributed by atoms with Gasteiger partial charge in [-0.25, -0.2) is 4.79 Å². The fourth-order valence-electron chi connectivity index (χ4n) is 5.49. The van der Waals surface area contributed by atoms with Crippen LogP contribution in [0, 0.1) is 0 Å². The Morgan fingerprint density at radius 1 is 0.919 bits per heavy atom. The van der Waals surface area contributed by atoms with Crippen LogP contribution in [0.25, 0.3) is 11.0 Å². The molecular formula is C31H36N4OS. The maximum atomic E-state index is 12.6. The van der Waals surface area contributed by atoms with Crippen molar-refractivity contribution in [2.45, 2.75) is 57.8 Å². The smallest absolute Gasteiger partial charge is 0.326 e. The number of rotatable bonds is 9. The molecule has 0 amide bonds. The molecule has 37 heavy (non-hydrogen) atoms. The summed E-state index contributed by atoms with van der Waals surface area (Å²) in [6, 6.07) is 30.0. The van der Waals surface area contributed by atoms with Crippen molar-refractivity contribution in [3.05, 3.63) is 107 Å². The molecule has 0 bridgehead atoms. The quantitative estimate of drug-likeness (QED) is 0.273. The van der Waals surface area contributed by atoms with Crippen LogP contribution in [-0.2, 0) is 13.1 Å². The van der Waals surface area contributed by atoms with Crippen LogP contribution in [-0.4, -0.2) is 43.5 Å². The first-order valence-corrected chi connectivity index (χ1v) is 13.8. The highest BCUT2D eigenvalue weighted by Gasteiger charge is 2.25. The first kappa shape index (κ1) is 25.4. The van der Waals surface area contributed by atoms with Crippen molar-refractivity contribution in [1.29, 1.82) is 0 Å². The maximum Gasteiger partial charge on any atom is 0.326 e. The Balaban J connectivity index is 1.17. The van der Waals surface area contributed by atoms with E-state index in [4.69, 9.17) is 12.2 Å². The molecule has 5 nitrogen and oxygen atoms in total. The summed E-state index contributed by atoms with van der Waals surface area (Å²) < 4.78 is 1.95. The predicted molar refractivity (Wildman–Crippen MR) is 156 cm³/mol. The van der Waals surface area contributed by atoms with Crippen molar-refractivity contribution in [2.75, 3.05) is 13.1 Å². The van der Waals surface area contributed by atoms with Gasteiger partial charge in [0.2, 0.25) is 0 Å². The van der Waals surface area contributed by atoms with E-state index >= 15 is 0 Å². The lowest BCUT2D eigenvalue weighted by Crippen LogP contribution is -2.40. The predicted octanol–water partition coefficient (Wildman–Crippen LogP) is 6.17. The third-order valence-corrected chi connectivity index (χ3v) is 8.12. The van der Waals surface area contributed by atoms with Crippen molar-refractivity contribution in [3.8, 4) is 0 Å². The lowest BCUT2D eigenvalue weighted by Gasteiger charge is -2.35. The van der Waals surface area contributed by atoms with Gasteiger partial charge in [-0.15, -0.1) is 0 Å². The average molecular weight is 513 g/mol. The minimum Gasteiger partial charge on any atom is -0.366 e. The number of hydrogen-bond donors (Lipinski definition) is 1. The van der Waals surface area contributed by atoms with Gasteiger partial charge < -0.3 is 9.88 Å². The highest BCUT2D eigenvalue weighted by atomic mass is 32.1. The normalized spacial score (nSPS) is 15.4. The van der Waals surface area contributed by atoms with Crippen molar-refractivity contribution >= 4 is 28.2 Å². The number of nitrogens with zero attached hydrogens (tertiary/aromatic N) is 3. The van der Waals surface area contributed by atoms with Crippen LogP contribution in [0.5, 0.6) is 0 Å². The molecule has 0 radical (unpaired) electrons. The van der Waals surface area contributed by atoms with E-state index in [1.165, 1.54) is 11.1 Å². The number of benzene rings is 3. The summed E-state index contributed by atoms with van der Waals surface area (Å²) in [5.74, 6) is 0. The molecule has 2 heterocycles. The second-order valence-electron chi connectivity index (χ2n) is 10.2. The van der Waals surface area contributed by atoms with Gasteiger partial charge in [-0.2, -0.15) is 0 Å². The summed E-state index contributed by atoms with van der Waals surface area (Å²) in [6.07, 6.45) is 3.81. The zero-order chi connectivity index (χ0) is 25.6. The summed E-state index contributed by atoms with van der Waals surface area (Å²) in [5.41, 5.74) is 4.58. The number of likely N-dealkylation sites (tertiary alicyclic amines) is 1. The molecule has 4 aromatic rings. The van der Waals surface area contributed by atoms with Gasteiger partial charge in [0.15, 0.2) is 0 Å². The number of para-hydroxylation sites is 2. The van der Waals surface area contributed by atoms with Gasteiger partial charge in [0.05, 0.1) is 16.0 Å². The monoisotopic (exact) mass is 512 g/mol. The van der Waals surface area contributed by atoms with Gasteiger partial charge in [0.1, 0.15) is 0 Å². The summed E-state index contributed by atoms with van der Waals surface area (Å²) in [6.45, 7) is 5.98. The Labute approximate surface area is 224 Å². The number of fused-ring (bicyclic) bond motifs is 1. The van der Waals surface area contributed by atoms with E-state index in [-0.39, 0.29) is 11.7 Å². The van der Waals surface area contributed by atoms with Crippen LogP contribution in [0.3, 0.4) is 0 Å². The van der Waals surface area contributed by atoms with Crippen LogP contribution in [0.1, 0.15) is 49.8 Å². The molecule has 0 spiro atoms. The average Bonchev–Trinajstić information content (AvgIpc) is 3.28. The number of thiocarbonyl (C=S) groups is 1. The number of imidazole rings is 1. The Hall–Kier alpha value is -3.22. The van der Waals surface area contributed by atoms with E-state index in [1.54, 1.807) is 0 Å². The maximum absolute atomic E-state index is 12.6. The molecule has 5 rings (SSSR count). The SMILES string of the molecule is C[C@@H](CCC(=S)N1CCC(n2c(=O)[nH]c3ccccc32)CC1)N(Cc1ccccc1)Cc1ccccc1. The van der Waals surface area contributed by atoms with Crippen molar-refractivity contribution in [3.63, 3.8) is 0 Å². The summed E-state index contributed by atoms with van der Waals surface area (Å²) in [7, 11) is 0. The minimum absolute atomic E-state index is 0.00650. The topological polar surface area (TPSA) is 44.3 Å². The second kappa shape index (κ2) is 11.9. The highest BCUT2D eigenvalue weighted by Crippen LogP contribution is 2.26. The third kappa shape index (κ3) is 6.20. The summed E-state index contributed by atoms with van der Waals surface area (Å²) >= 11 is 5.91. The molecule has 0 unspecified atom stereocenters. The molecule has 192 valence electrons. The van der Waals surface area contributed by atoms with Gasteiger partial charge >= 0.3 is 5.69 Å². The van der Waals surface area contributed by atoms with E-state index in [9.17, 15) is 4.79 Å². The van der Waals surface area contributed by atoms with E-state index in [2.05, 4.69) is 82.4 Å². The van der Waals surface area contributed by atoms with Gasteiger partial charge in [-0.1, -0.05) is 85.0 Å². The molecular weight excluding hydrogens is 476 g/mol. The van der Waals surface area contributed by atoms with Gasteiger partial charge in [0.25, 0.3) is 0 Å². The molecule has 1 N–H and O–H groups in total. The Bertz CT molecular complexity index is 1310. The Morgan fingerprint density at radius 2 is 1.49 bits per heavy atom. The van der Waals surface area contributed by atoms with E-state index in [0.717, 1.165) is 67.9 Å². The van der Waals surface area contributed by atoms with Crippen LogP contribution in [0.4, 0.5) is 0 Å². The molecule has 3 aromatic carbocycles. The zero-order valence-electron chi connectivity index (χ0n) is 21.6. The van der Waals surface area contributed by atoms with Crippen molar-refractivity contribution in [1.82, 2.24) is 19.4 Å². The third-order valence-electron chi connectivity index (χ3n) is 7.66. The number of aromatic amines is 1. The van der Waals surface area contributed by atoms with Crippen LogP contribution in [0.15, 0.2) is 89.7 Å². The molecule has 1 saturated heterocycles. The van der Waals surface area contributed by atoms with Crippen LogP contribution in [0.2, 0.25) is 0 Å². The van der Waals surface area contributed by atoms with Crippen molar-refractivity contribution < 1.29 is 0 Å². The molecule has 1 fully saturated rings. The first-order chi connectivity index (χ1) is 18.1. The number of aromatic nitrogens is 2. The fraction of sp³-hybridized carbons (Fsp3) is 0.355. The number of hydrogen-bond acceptors (Lipinski definition) is 3.